The van der Waals surface area contributed by atoms with Crippen LogP contribution in [0.15, 0.2) is 84.9 Å². The minimum Gasteiger partial charge on any atom is -0.497 e. The minimum absolute atomic E-state index is 0.0497. The largest absolute Gasteiger partial charge is 0.497 e. The fraction of sp³-hybridized carbons (Fsp3) is 0.0417. The van der Waals surface area contributed by atoms with Crippen LogP contribution in [-0.4, -0.2) is 17.5 Å². The number of methoxy groups -OCH3 is 1. The lowest BCUT2D eigenvalue weighted by Gasteiger charge is -2.12. The molecule has 0 bridgehead atoms. The Morgan fingerprint density at radius 1 is 0.741 bits per heavy atom. The number of ether oxygens (including phenoxy) is 1. The van der Waals surface area contributed by atoms with Gasteiger partial charge in [0, 0.05) is 16.8 Å². The minimum atomic E-state index is 0.0497. The molecule has 0 unspecified atom stereocenters. The van der Waals surface area contributed by atoms with Crippen molar-refractivity contribution in [2.45, 2.75) is 0 Å². The molecule has 4 aromatic rings. The summed E-state index contributed by atoms with van der Waals surface area (Å²) in [6.07, 6.45) is 0. The van der Waals surface area contributed by atoms with Crippen molar-refractivity contribution in [3.05, 3.63) is 96.2 Å². The smallest absolute Gasteiger partial charge is 0.211 e. The van der Waals surface area contributed by atoms with Crippen molar-refractivity contribution in [2.75, 3.05) is 7.11 Å². The summed E-state index contributed by atoms with van der Waals surface area (Å²) >= 11 is 0. The molecule has 3 nitrogen and oxygen atoms in total. The van der Waals surface area contributed by atoms with Gasteiger partial charge in [-0.3, -0.25) is 4.79 Å². The number of benzene rings is 3. The van der Waals surface area contributed by atoms with Gasteiger partial charge in [0.1, 0.15) is 11.4 Å². The SMILES string of the molecule is COc1ccc2c(c1)-c1cc(-c3ccccc3)n(-c3ccccc3)c1C2=O. The molecule has 0 aliphatic heterocycles. The molecule has 3 heteroatoms. The second-order valence-electron chi connectivity index (χ2n) is 6.57. The van der Waals surface area contributed by atoms with E-state index in [1.54, 1.807) is 7.11 Å². The van der Waals surface area contributed by atoms with Crippen LogP contribution < -0.4 is 4.74 Å². The normalized spacial score (nSPS) is 12.0. The first-order valence-corrected chi connectivity index (χ1v) is 8.87. The van der Waals surface area contributed by atoms with Crippen LogP contribution in [0.25, 0.3) is 28.1 Å². The summed E-state index contributed by atoms with van der Waals surface area (Å²) in [4.78, 5) is 13.3. The van der Waals surface area contributed by atoms with Gasteiger partial charge in [0.2, 0.25) is 5.78 Å². The highest BCUT2D eigenvalue weighted by molar-refractivity contribution is 6.22. The van der Waals surface area contributed by atoms with Crippen molar-refractivity contribution in [2.24, 2.45) is 0 Å². The number of fused-ring (bicyclic) bond motifs is 3. The lowest BCUT2D eigenvalue weighted by atomic mass is 10.1. The molecule has 27 heavy (non-hydrogen) atoms. The first-order chi connectivity index (χ1) is 13.3. The van der Waals surface area contributed by atoms with E-state index >= 15 is 0 Å². The Morgan fingerprint density at radius 2 is 1.44 bits per heavy atom. The van der Waals surface area contributed by atoms with E-state index in [1.807, 2.05) is 66.7 Å². The summed E-state index contributed by atoms with van der Waals surface area (Å²) in [5.41, 5.74) is 6.39. The Balaban J connectivity index is 1.83. The van der Waals surface area contributed by atoms with Gasteiger partial charge >= 0.3 is 0 Å². The molecule has 0 amide bonds. The summed E-state index contributed by atoms with van der Waals surface area (Å²) < 4.78 is 7.45. The summed E-state index contributed by atoms with van der Waals surface area (Å²) in [7, 11) is 1.64. The molecule has 3 aromatic carbocycles. The van der Waals surface area contributed by atoms with E-state index in [2.05, 4.69) is 22.8 Å². The van der Waals surface area contributed by atoms with Crippen LogP contribution in [0.3, 0.4) is 0 Å². The van der Waals surface area contributed by atoms with Crippen LogP contribution in [0.5, 0.6) is 5.75 Å². The van der Waals surface area contributed by atoms with Crippen molar-refractivity contribution < 1.29 is 9.53 Å². The van der Waals surface area contributed by atoms with Crippen LogP contribution >= 0.6 is 0 Å². The molecule has 0 fully saturated rings. The van der Waals surface area contributed by atoms with Gasteiger partial charge in [-0.25, -0.2) is 0 Å². The highest BCUT2D eigenvalue weighted by atomic mass is 16.5. The molecule has 5 rings (SSSR count). The molecule has 1 aromatic heterocycles. The third kappa shape index (κ3) is 2.32. The van der Waals surface area contributed by atoms with Crippen molar-refractivity contribution >= 4 is 5.78 Å². The molecular formula is C24H17NO2. The highest BCUT2D eigenvalue weighted by Crippen LogP contribution is 2.44. The standard InChI is InChI=1S/C24H17NO2/c1-27-18-12-13-19-20(14-18)21-15-22(16-8-4-2-5-9-16)25(23(21)24(19)26)17-10-6-3-7-11-17/h2-15H,1H3. The average molecular weight is 351 g/mol. The first kappa shape index (κ1) is 15.6. The summed E-state index contributed by atoms with van der Waals surface area (Å²) in [6.45, 7) is 0. The average Bonchev–Trinajstić information content (AvgIpc) is 3.25. The predicted molar refractivity (Wildman–Crippen MR) is 107 cm³/mol. The van der Waals surface area contributed by atoms with Crippen LogP contribution in [0.4, 0.5) is 0 Å². The molecule has 0 radical (unpaired) electrons. The lowest BCUT2D eigenvalue weighted by molar-refractivity contribution is 0.103. The van der Waals surface area contributed by atoms with Gasteiger partial charge in [0.05, 0.1) is 12.8 Å². The molecule has 0 saturated carbocycles. The van der Waals surface area contributed by atoms with Gasteiger partial charge in [-0.2, -0.15) is 0 Å². The van der Waals surface area contributed by atoms with Gasteiger partial charge in [-0.05, 0) is 47.5 Å². The zero-order valence-electron chi connectivity index (χ0n) is 14.8. The number of hydrogen-bond acceptors (Lipinski definition) is 2. The second-order valence-corrected chi connectivity index (χ2v) is 6.57. The van der Waals surface area contributed by atoms with Crippen molar-refractivity contribution in [1.82, 2.24) is 4.57 Å². The summed E-state index contributed by atoms with van der Waals surface area (Å²) in [5, 5.41) is 0. The fourth-order valence-corrected chi connectivity index (χ4v) is 3.81. The number of hydrogen-bond donors (Lipinski definition) is 0. The molecule has 1 aliphatic carbocycles. The molecule has 1 heterocycles. The van der Waals surface area contributed by atoms with Crippen LogP contribution in [0, 0.1) is 0 Å². The molecule has 0 N–H and O–H groups in total. The Kier molecular flexibility index (Phi) is 3.47. The molecule has 130 valence electrons. The molecular weight excluding hydrogens is 334 g/mol. The molecule has 0 saturated heterocycles. The Hall–Kier alpha value is -3.59. The van der Waals surface area contributed by atoms with Crippen molar-refractivity contribution in [3.63, 3.8) is 0 Å². The van der Waals surface area contributed by atoms with E-state index < -0.39 is 0 Å². The van der Waals surface area contributed by atoms with E-state index in [0.29, 0.717) is 5.69 Å². The Bertz CT molecular complexity index is 1160. The van der Waals surface area contributed by atoms with E-state index in [1.165, 1.54) is 0 Å². The number of rotatable bonds is 3. The second kappa shape index (κ2) is 5.99. The van der Waals surface area contributed by atoms with Gasteiger partial charge in [-0.1, -0.05) is 48.5 Å². The van der Waals surface area contributed by atoms with E-state index in [9.17, 15) is 4.79 Å². The number of nitrogens with zero attached hydrogens (tertiary/aromatic N) is 1. The highest BCUT2D eigenvalue weighted by Gasteiger charge is 2.33. The number of para-hydroxylation sites is 1. The number of ketones is 1. The summed E-state index contributed by atoms with van der Waals surface area (Å²) in [6, 6.07) is 28.0. The fourth-order valence-electron chi connectivity index (χ4n) is 3.81. The first-order valence-electron chi connectivity index (χ1n) is 8.87. The third-order valence-electron chi connectivity index (χ3n) is 5.06. The Morgan fingerprint density at radius 3 is 2.15 bits per heavy atom. The quantitative estimate of drug-likeness (QED) is 0.438. The zero-order valence-corrected chi connectivity index (χ0v) is 14.8. The van der Waals surface area contributed by atoms with Gasteiger partial charge in [-0.15, -0.1) is 0 Å². The van der Waals surface area contributed by atoms with E-state index in [0.717, 1.165) is 39.4 Å². The van der Waals surface area contributed by atoms with Gasteiger partial charge in [0.15, 0.2) is 0 Å². The monoisotopic (exact) mass is 351 g/mol. The van der Waals surface area contributed by atoms with Crippen LogP contribution in [0.1, 0.15) is 16.1 Å². The maximum atomic E-state index is 13.3. The topological polar surface area (TPSA) is 31.2 Å². The maximum absolute atomic E-state index is 13.3. The van der Waals surface area contributed by atoms with Crippen molar-refractivity contribution in [3.8, 4) is 33.8 Å². The Labute approximate surface area is 157 Å². The van der Waals surface area contributed by atoms with E-state index in [4.69, 9.17) is 4.74 Å². The van der Waals surface area contributed by atoms with Gasteiger partial charge in [0.25, 0.3) is 0 Å². The lowest BCUT2D eigenvalue weighted by Crippen LogP contribution is -2.07. The molecule has 1 aliphatic rings. The van der Waals surface area contributed by atoms with E-state index in [-0.39, 0.29) is 5.78 Å². The summed E-state index contributed by atoms with van der Waals surface area (Å²) in [5.74, 6) is 0.803. The van der Waals surface area contributed by atoms with Crippen molar-refractivity contribution in [1.29, 1.82) is 0 Å². The predicted octanol–water partition coefficient (Wildman–Crippen LogP) is 5.36. The number of aromatic nitrogens is 1. The molecule has 0 spiro atoms. The zero-order chi connectivity index (χ0) is 18.4. The number of carbonyl (C=O) groups is 1. The van der Waals surface area contributed by atoms with Gasteiger partial charge < -0.3 is 9.30 Å². The van der Waals surface area contributed by atoms with Crippen LogP contribution in [-0.2, 0) is 0 Å². The number of carbonyl (C=O) groups excluding carboxylic acids is 1. The molecule has 0 atom stereocenters. The third-order valence-corrected chi connectivity index (χ3v) is 5.06. The van der Waals surface area contributed by atoms with Crippen LogP contribution in [0.2, 0.25) is 0 Å². The maximum Gasteiger partial charge on any atom is 0.211 e.